The fourth-order valence-corrected chi connectivity index (χ4v) is 2.11. The van der Waals surface area contributed by atoms with Crippen LogP contribution in [0.4, 0.5) is 4.79 Å². The summed E-state index contributed by atoms with van der Waals surface area (Å²) in [5.41, 5.74) is 0.402. The van der Waals surface area contributed by atoms with E-state index in [0.717, 1.165) is 12.7 Å². The topological polar surface area (TPSA) is 131 Å². The number of esters is 1. The van der Waals surface area contributed by atoms with Gasteiger partial charge in [0.25, 0.3) is 5.88 Å². The van der Waals surface area contributed by atoms with Gasteiger partial charge in [0.05, 0.1) is 7.11 Å². The van der Waals surface area contributed by atoms with E-state index in [0.29, 0.717) is 0 Å². The fourth-order valence-electron chi connectivity index (χ4n) is 2.11. The first-order chi connectivity index (χ1) is 12.4. The molecule has 1 atom stereocenters. The number of aromatic nitrogens is 2. The van der Waals surface area contributed by atoms with E-state index in [-0.39, 0.29) is 18.9 Å². The highest BCUT2D eigenvalue weighted by Gasteiger charge is 2.21. The molecule has 9 heteroatoms. The molecule has 0 aliphatic carbocycles. The minimum atomic E-state index is -0.913. The Kier molecular flexibility index (Phi) is 6.31. The number of carbonyl (C=O) groups excluding carboxylic acids is 2. The Morgan fingerprint density at radius 2 is 1.88 bits per heavy atom. The lowest BCUT2D eigenvalue weighted by Gasteiger charge is -2.14. The van der Waals surface area contributed by atoms with Crippen LogP contribution < -0.4 is 5.32 Å². The van der Waals surface area contributed by atoms with Crippen LogP contribution in [-0.4, -0.2) is 45.4 Å². The summed E-state index contributed by atoms with van der Waals surface area (Å²) < 4.78 is 9.58. The molecule has 0 bridgehead atoms. The van der Waals surface area contributed by atoms with Gasteiger partial charge in [0, 0.05) is 12.5 Å². The third kappa shape index (κ3) is 5.07. The predicted molar refractivity (Wildman–Crippen MR) is 89.6 cm³/mol. The van der Waals surface area contributed by atoms with E-state index in [1.54, 1.807) is 6.92 Å². The Hall–Kier alpha value is -3.36. The summed E-state index contributed by atoms with van der Waals surface area (Å²) in [5, 5.41) is 21.8. The van der Waals surface area contributed by atoms with Crippen molar-refractivity contribution in [3.05, 3.63) is 47.4 Å². The highest BCUT2D eigenvalue weighted by atomic mass is 16.5. The number of amides is 1. The van der Waals surface area contributed by atoms with Gasteiger partial charge in [0.15, 0.2) is 5.69 Å². The predicted octanol–water partition coefficient (Wildman–Crippen LogP) is 1.53. The maximum absolute atomic E-state index is 11.8. The Labute approximate surface area is 149 Å². The van der Waals surface area contributed by atoms with Crippen molar-refractivity contribution in [1.82, 2.24) is 15.3 Å². The summed E-state index contributed by atoms with van der Waals surface area (Å²) in [6.45, 7) is 1.80. The van der Waals surface area contributed by atoms with Gasteiger partial charge in [-0.15, -0.1) is 0 Å². The number of hydrogen-bond donors (Lipinski definition) is 3. The molecular formula is C17H19N3O6. The quantitative estimate of drug-likeness (QED) is 0.660. The number of ether oxygens (including phenoxy) is 2. The minimum Gasteiger partial charge on any atom is -0.501 e. The summed E-state index contributed by atoms with van der Waals surface area (Å²) >= 11 is 0. The van der Waals surface area contributed by atoms with E-state index in [4.69, 9.17) is 4.74 Å². The molecule has 2 aromatic rings. The molecule has 26 heavy (non-hydrogen) atoms. The number of nitrogens with one attached hydrogen (secondary N) is 1. The highest BCUT2D eigenvalue weighted by molar-refractivity contribution is 5.90. The molecule has 1 heterocycles. The Bertz CT molecular complexity index is 782. The standard InChI is InChI=1S/C17H19N3O6/c1-10(18-17(24)26-9-11-6-4-3-5-7-11)8-12-19-13(16(23)25-2)14(21)15(22)20-12/h3-7,10,21H,8-9H2,1-2H3,(H,18,24)(H,19,20,22). The number of hydrogen-bond acceptors (Lipinski definition) is 8. The second-order valence-corrected chi connectivity index (χ2v) is 5.46. The molecule has 3 N–H and O–H groups in total. The first-order valence-electron chi connectivity index (χ1n) is 7.75. The van der Waals surface area contributed by atoms with E-state index in [9.17, 15) is 19.8 Å². The van der Waals surface area contributed by atoms with E-state index in [1.807, 2.05) is 30.3 Å². The van der Waals surface area contributed by atoms with Crippen LogP contribution in [0, 0.1) is 0 Å². The van der Waals surface area contributed by atoms with Crippen molar-refractivity contribution < 1.29 is 29.3 Å². The average Bonchev–Trinajstić information content (AvgIpc) is 2.63. The second-order valence-electron chi connectivity index (χ2n) is 5.46. The van der Waals surface area contributed by atoms with Gasteiger partial charge in [-0.3, -0.25) is 0 Å². The molecule has 0 radical (unpaired) electrons. The molecule has 0 aliphatic rings. The zero-order valence-electron chi connectivity index (χ0n) is 14.3. The molecule has 2 rings (SSSR count). The Balaban J connectivity index is 1.94. The molecule has 0 fully saturated rings. The van der Waals surface area contributed by atoms with Gasteiger partial charge in [-0.05, 0) is 12.5 Å². The number of carbonyl (C=O) groups is 2. The number of aromatic hydroxyl groups is 2. The SMILES string of the molecule is COC(=O)c1nc(CC(C)NC(=O)OCc2ccccc2)nc(O)c1O. The van der Waals surface area contributed by atoms with E-state index < -0.39 is 35.4 Å². The van der Waals surface area contributed by atoms with Crippen molar-refractivity contribution in [1.29, 1.82) is 0 Å². The van der Waals surface area contributed by atoms with E-state index >= 15 is 0 Å². The van der Waals surface area contributed by atoms with Crippen LogP contribution in [0.2, 0.25) is 0 Å². The third-order valence-corrected chi connectivity index (χ3v) is 3.36. The fraction of sp³-hybridized carbons (Fsp3) is 0.294. The molecule has 0 saturated carbocycles. The Morgan fingerprint density at radius 3 is 2.54 bits per heavy atom. The van der Waals surface area contributed by atoms with Crippen molar-refractivity contribution in [2.45, 2.75) is 26.0 Å². The van der Waals surface area contributed by atoms with Gasteiger partial charge < -0.3 is 25.0 Å². The number of rotatable bonds is 6. The number of methoxy groups -OCH3 is 1. The van der Waals surface area contributed by atoms with Crippen LogP contribution in [0.1, 0.15) is 28.8 Å². The van der Waals surface area contributed by atoms with Crippen LogP contribution in [0.5, 0.6) is 11.6 Å². The maximum Gasteiger partial charge on any atom is 0.407 e. The van der Waals surface area contributed by atoms with Crippen LogP contribution in [-0.2, 0) is 22.5 Å². The molecule has 0 saturated heterocycles. The van der Waals surface area contributed by atoms with Crippen molar-refractivity contribution in [2.24, 2.45) is 0 Å². The summed E-state index contributed by atoms with van der Waals surface area (Å²) in [4.78, 5) is 30.9. The highest BCUT2D eigenvalue weighted by Crippen LogP contribution is 2.25. The smallest absolute Gasteiger partial charge is 0.407 e. The monoisotopic (exact) mass is 361 g/mol. The Morgan fingerprint density at radius 1 is 1.19 bits per heavy atom. The summed E-state index contributed by atoms with van der Waals surface area (Å²) in [6.07, 6.45) is -0.532. The molecule has 1 unspecified atom stereocenters. The van der Waals surface area contributed by atoms with Crippen LogP contribution >= 0.6 is 0 Å². The largest absolute Gasteiger partial charge is 0.501 e. The number of benzene rings is 1. The second kappa shape index (κ2) is 8.65. The molecule has 138 valence electrons. The van der Waals surface area contributed by atoms with Gasteiger partial charge in [-0.2, -0.15) is 4.98 Å². The van der Waals surface area contributed by atoms with E-state index in [1.165, 1.54) is 0 Å². The lowest BCUT2D eigenvalue weighted by atomic mass is 10.2. The summed E-state index contributed by atoms with van der Waals surface area (Å²) in [5.74, 6) is -2.36. The van der Waals surface area contributed by atoms with Crippen molar-refractivity contribution in [3.8, 4) is 11.6 Å². The first-order valence-corrected chi connectivity index (χ1v) is 7.75. The summed E-state index contributed by atoms with van der Waals surface area (Å²) in [7, 11) is 1.12. The number of nitrogens with zero attached hydrogens (tertiary/aromatic N) is 2. The minimum absolute atomic E-state index is 0.0524. The lowest BCUT2D eigenvalue weighted by Crippen LogP contribution is -2.35. The normalized spacial score (nSPS) is 11.5. The van der Waals surface area contributed by atoms with Gasteiger partial charge in [0.2, 0.25) is 5.75 Å². The maximum atomic E-state index is 11.8. The van der Waals surface area contributed by atoms with E-state index in [2.05, 4.69) is 20.0 Å². The molecule has 9 nitrogen and oxygen atoms in total. The molecule has 0 spiro atoms. The first kappa shape index (κ1) is 19.0. The molecule has 1 aromatic carbocycles. The van der Waals surface area contributed by atoms with Crippen molar-refractivity contribution in [3.63, 3.8) is 0 Å². The molecule has 1 aromatic heterocycles. The van der Waals surface area contributed by atoms with Gasteiger partial charge in [-0.1, -0.05) is 30.3 Å². The van der Waals surface area contributed by atoms with Gasteiger partial charge in [0.1, 0.15) is 12.4 Å². The van der Waals surface area contributed by atoms with Gasteiger partial charge >= 0.3 is 12.1 Å². The molecule has 0 aliphatic heterocycles. The van der Waals surface area contributed by atoms with Crippen LogP contribution in [0.25, 0.3) is 0 Å². The average molecular weight is 361 g/mol. The van der Waals surface area contributed by atoms with Crippen LogP contribution in [0.3, 0.4) is 0 Å². The lowest BCUT2D eigenvalue weighted by molar-refractivity contribution is 0.0588. The number of alkyl carbamates (subject to hydrolysis) is 1. The zero-order chi connectivity index (χ0) is 19.1. The summed E-state index contributed by atoms with van der Waals surface area (Å²) in [6, 6.07) is 8.75. The molecule has 1 amide bonds. The van der Waals surface area contributed by atoms with Crippen molar-refractivity contribution in [2.75, 3.05) is 7.11 Å². The van der Waals surface area contributed by atoms with Crippen molar-refractivity contribution >= 4 is 12.1 Å². The van der Waals surface area contributed by atoms with Gasteiger partial charge in [-0.25, -0.2) is 14.6 Å². The van der Waals surface area contributed by atoms with Crippen LogP contribution in [0.15, 0.2) is 30.3 Å². The molecular weight excluding hydrogens is 342 g/mol. The third-order valence-electron chi connectivity index (χ3n) is 3.36. The zero-order valence-corrected chi connectivity index (χ0v) is 14.3.